The third kappa shape index (κ3) is 14.3. The molecule has 0 saturated carbocycles. The number of hydrogen-bond acceptors (Lipinski definition) is 4. The number of nitrogens with one attached hydrogen (secondary N) is 1. The molecule has 0 aliphatic rings. The fourth-order valence-electron chi connectivity index (χ4n) is 1.09. The van der Waals surface area contributed by atoms with Crippen molar-refractivity contribution in [2.45, 2.75) is 46.1 Å². The van der Waals surface area contributed by atoms with Crippen molar-refractivity contribution < 1.29 is 14.4 Å². The second-order valence-electron chi connectivity index (χ2n) is 4.61. The van der Waals surface area contributed by atoms with Crippen molar-refractivity contribution in [1.82, 2.24) is 5.32 Å². The van der Waals surface area contributed by atoms with Gasteiger partial charge in [0.25, 0.3) is 0 Å². The zero-order valence-corrected chi connectivity index (χ0v) is 11.9. The summed E-state index contributed by atoms with van der Waals surface area (Å²) in [4.78, 5) is 30.9. The molecule has 0 aliphatic carbocycles. The number of amides is 3. The van der Waals surface area contributed by atoms with Crippen molar-refractivity contribution in [2.75, 3.05) is 6.54 Å². The quantitative estimate of drug-likeness (QED) is 0.373. The molecule has 112 valence electrons. The van der Waals surface area contributed by atoms with Crippen LogP contribution >= 0.6 is 0 Å². The Morgan fingerprint density at radius 2 is 1.68 bits per heavy atom. The van der Waals surface area contributed by atoms with Crippen LogP contribution in [0.15, 0.2) is 0 Å². The second-order valence-corrected chi connectivity index (χ2v) is 4.61. The average molecular weight is 274 g/mol. The summed E-state index contributed by atoms with van der Waals surface area (Å²) in [5.41, 5.74) is 14.9. The molecule has 0 aromatic heterocycles. The van der Waals surface area contributed by atoms with E-state index in [1.54, 1.807) is 0 Å². The SMILES string of the molecule is CC(C)C[C@H](N)C(N)=O.CCCCNC(=O)C(N)=O. The van der Waals surface area contributed by atoms with E-state index >= 15 is 0 Å². The van der Waals surface area contributed by atoms with Gasteiger partial charge in [-0.15, -0.1) is 0 Å². The lowest BCUT2D eigenvalue weighted by Gasteiger charge is -2.08. The van der Waals surface area contributed by atoms with Gasteiger partial charge in [0.05, 0.1) is 6.04 Å². The highest BCUT2D eigenvalue weighted by atomic mass is 16.2. The van der Waals surface area contributed by atoms with Gasteiger partial charge in [-0.1, -0.05) is 27.2 Å². The molecule has 19 heavy (non-hydrogen) atoms. The van der Waals surface area contributed by atoms with Crippen LogP contribution in [0.3, 0.4) is 0 Å². The molecule has 0 aromatic rings. The summed E-state index contributed by atoms with van der Waals surface area (Å²) in [6.07, 6.45) is 2.54. The maximum Gasteiger partial charge on any atom is 0.309 e. The highest BCUT2D eigenvalue weighted by molar-refractivity contribution is 6.34. The van der Waals surface area contributed by atoms with Gasteiger partial charge in [-0.3, -0.25) is 14.4 Å². The van der Waals surface area contributed by atoms with Gasteiger partial charge in [0.2, 0.25) is 5.91 Å². The second kappa shape index (κ2) is 11.5. The van der Waals surface area contributed by atoms with Crippen molar-refractivity contribution in [3.63, 3.8) is 0 Å². The molecule has 1 atom stereocenters. The molecule has 7 nitrogen and oxygen atoms in total. The highest BCUT2D eigenvalue weighted by Gasteiger charge is 2.09. The molecule has 7 N–H and O–H groups in total. The van der Waals surface area contributed by atoms with Crippen LogP contribution in [0.4, 0.5) is 0 Å². The zero-order chi connectivity index (χ0) is 15.4. The number of carbonyl (C=O) groups is 3. The maximum atomic E-state index is 10.4. The first-order valence-electron chi connectivity index (χ1n) is 6.34. The van der Waals surface area contributed by atoms with Crippen LogP contribution in [0.2, 0.25) is 0 Å². The Balaban J connectivity index is 0. The normalized spacial score (nSPS) is 11.2. The van der Waals surface area contributed by atoms with E-state index in [2.05, 4.69) is 11.1 Å². The molecule has 0 spiro atoms. The van der Waals surface area contributed by atoms with Crippen molar-refractivity contribution in [2.24, 2.45) is 23.1 Å². The number of carbonyl (C=O) groups excluding carboxylic acids is 3. The van der Waals surface area contributed by atoms with E-state index in [9.17, 15) is 14.4 Å². The van der Waals surface area contributed by atoms with E-state index < -0.39 is 23.8 Å². The first-order valence-corrected chi connectivity index (χ1v) is 6.34. The third-order valence-electron chi connectivity index (χ3n) is 2.13. The van der Waals surface area contributed by atoms with Gasteiger partial charge >= 0.3 is 11.8 Å². The van der Waals surface area contributed by atoms with Gasteiger partial charge in [-0.2, -0.15) is 0 Å². The van der Waals surface area contributed by atoms with Crippen LogP contribution < -0.4 is 22.5 Å². The largest absolute Gasteiger partial charge is 0.368 e. The lowest BCUT2D eigenvalue weighted by Crippen LogP contribution is -2.37. The lowest BCUT2D eigenvalue weighted by molar-refractivity contribution is -0.137. The number of unbranched alkanes of at least 4 members (excludes halogenated alkanes) is 1. The van der Waals surface area contributed by atoms with E-state index in [1.165, 1.54) is 0 Å². The van der Waals surface area contributed by atoms with Gasteiger partial charge in [-0.05, 0) is 18.8 Å². The summed E-state index contributed by atoms with van der Waals surface area (Å²) < 4.78 is 0. The molecule has 0 aromatic carbocycles. The number of hydrogen-bond donors (Lipinski definition) is 4. The van der Waals surface area contributed by atoms with Crippen molar-refractivity contribution in [1.29, 1.82) is 0 Å². The van der Waals surface area contributed by atoms with E-state index in [4.69, 9.17) is 11.5 Å². The molecule has 0 unspecified atom stereocenters. The molecule has 7 heteroatoms. The van der Waals surface area contributed by atoms with Crippen LogP contribution in [0, 0.1) is 5.92 Å². The summed E-state index contributed by atoms with van der Waals surface area (Å²) >= 11 is 0. The van der Waals surface area contributed by atoms with Crippen molar-refractivity contribution >= 4 is 17.7 Å². The Labute approximate surface area is 114 Å². The molecule has 0 rings (SSSR count). The third-order valence-corrected chi connectivity index (χ3v) is 2.13. The Morgan fingerprint density at radius 3 is 1.95 bits per heavy atom. The van der Waals surface area contributed by atoms with E-state index in [-0.39, 0.29) is 0 Å². The Bertz CT molecular complexity index is 293. The lowest BCUT2D eigenvalue weighted by atomic mass is 10.0. The van der Waals surface area contributed by atoms with Gasteiger partial charge in [0.1, 0.15) is 0 Å². The summed E-state index contributed by atoms with van der Waals surface area (Å²) in [6.45, 7) is 6.53. The molecule has 0 fully saturated rings. The molecule has 0 radical (unpaired) electrons. The molecule has 0 heterocycles. The number of rotatable bonds is 6. The minimum Gasteiger partial charge on any atom is -0.368 e. The van der Waals surface area contributed by atoms with Crippen LogP contribution in [0.5, 0.6) is 0 Å². The first-order chi connectivity index (χ1) is 8.72. The Kier molecular flexibility index (Phi) is 11.9. The average Bonchev–Trinajstić information content (AvgIpc) is 2.28. The molecule has 0 aliphatic heterocycles. The standard InChI is InChI=1S/C6H12N2O2.C6H14N2O/c1-2-3-4-8-6(10)5(7)9;1-4(2)3-5(7)6(8)9/h2-4H2,1H3,(H2,7,9)(H,8,10);4-5H,3,7H2,1-2H3,(H2,8,9)/t;5-/m.0/s1. The van der Waals surface area contributed by atoms with Crippen LogP contribution in [-0.2, 0) is 14.4 Å². The molecule has 0 bridgehead atoms. The predicted octanol–water partition coefficient (Wildman–Crippen LogP) is -0.767. The number of nitrogens with two attached hydrogens (primary N) is 3. The van der Waals surface area contributed by atoms with Gasteiger partial charge in [-0.25, -0.2) is 0 Å². The van der Waals surface area contributed by atoms with Crippen LogP contribution in [0.1, 0.15) is 40.0 Å². The summed E-state index contributed by atoms with van der Waals surface area (Å²) in [6, 6.07) is -0.468. The summed E-state index contributed by atoms with van der Waals surface area (Å²) in [7, 11) is 0. The summed E-state index contributed by atoms with van der Waals surface area (Å²) in [5.74, 6) is -1.60. The topological polar surface area (TPSA) is 141 Å². The van der Waals surface area contributed by atoms with Crippen molar-refractivity contribution in [3.05, 3.63) is 0 Å². The number of primary amides is 2. The van der Waals surface area contributed by atoms with Gasteiger partial charge in [0.15, 0.2) is 0 Å². The van der Waals surface area contributed by atoms with Gasteiger partial charge < -0.3 is 22.5 Å². The van der Waals surface area contributed by atoms with Crippen LogP contribution in [0.25, 0.3) is 0 Å². The van der Waals surface area contributed by atoms with E-state index in [0.29, 0.717) is 18.9 Å². The fraction of sp³-hybridized carbons (Fsp3) is 0.750. The van der Waals surface area contributed by atoms with E-state index in [1.807, 2.05) is 20.8 Å². The summed E-state index contributed by atoms with van der Waals surface area (Å²) in [5, 5.41) is 2.37. The molecular weight excluding hydrogens is 248 g/mol. The molecule has 3 amide bonds. The zero-order valence-electron chi connectivity index (χ0n) is 11.9. The fourth-order valence-corrected chi connectivity index (χ4v) is 1.09. The minimum atomic E-state index is -0.920. The van der Waals surface area contributed by atoms with Gasteiger partial charge in [0, 0.05) is 6.54 Å². The first kappa shape index (κ1) is 19.7. The molecule has 0 saturated heterocycles. The highest BCUT2D eigenvalue weighted by Crippen LogP contribution is 2.00. The van der Waals surface area contributed by atoms with Crippen molar-refractivity contribution in [3.8, 4) is 0 Å². The van der Waals surface area contributed by atoms with E-state index in [0.717, 1.165) is 12.8 Å². The predicted molar refractivity (Wildman–Crippen MR) is 73.7 cm³/mol. The smallest absolute Gasteiger partial charge is 0.309 e. The Hall–Kier alpha value is -1.63. The Morgan fingerprint density at radius 1 is 1.16 bits per heavy atom. The monoisotopic (exact) mass is 274 g/mol. The minimum absolute atomic E-state index is 0.413. The maximum absolute atomic E-state index is 10.4. The van der Waals surface area contributed by atoms with Crippen LogP contribution in [-0.4, -0.2) is 30.3 Å². The molecular formula is C12H26N4O3.